The predicted molar refractivity (Wildman–Crippen MR) is 125 cm³/mol. The summed E-state index contributed by atoms with van der Waals surface area (Å²) in [4.78, 5) is 18.5. The summed E-state index contributed by atoms with van der Waals surface area (Å²) in [7, 11) is 1.63. The van der Waals surface area contributed by atoms with E-state index in [-0.39, 0.29) is 0 Å². The van der Waals surface area contributed by atoms with E-state index in [9.17, 15) is 0 Å². The zero-order valence-corrected chi connectivity index (χ0v) is 17.8. The lowest BCUT2D eigenvalue weighted by atomic mass is 10.0. The lowest BCUT2D eigenvalue weighted by Gasteiger charge is -2.35. The molecule has 156 valence electrons. The SMILES string of the molecule is COc1ccnc(N2CCN(c3ccc4cccc(-c5ccc(C)cc5)c4n3)CC2)n1. The number of aromatic nitrogens is 3. The van der Waals surface area contributed by atoms with E-state index in [1.54, 1.807) is 19.4 Å². The summed E-state index contributed by atoms with van der Waals surface area (Å²) in [5.41, 5.74) is 4.67. The Hall–Kier alpha value is -3.67. The van der Waals surface area contributed by atoms with Crippen molar-refractivity contribution in [2.75, 3.05) is 43.1 Å². The van der Waals surface area contributed by atoms with Gasteiger partial charge in [-0.1, -0.05) is 48.0 Å². The summed E-state index contributed by atoms with van der Waals surface area (Å²) in [6.07, 6.45) is 1.74. The number of nitrogens with zero attached hydrogens (tertiary/aromatic N) is 5. The molecule has 2 aromatic heterocycles. The highest BCUT2D eigenvalue weighted by molar-refractivity contribution is 5.94. The molecule has 3 heterocycles. The molecule has 0 amide bonds. The number of pyridine rings is 1. The molecule has 6 heteroatoms. The van der Waals surface area contributed by atoms with Crippen molar-refractivity contribution in [3.8, 4) is 17.0 Å². The highest BCUT2D eigenvalue weighted by Gasteiger charge is 2.21. The lowest BCUT2D eigenvalue weighted by Crippen LogP contribution is -2.47. The molecule has 1 aliphatic rings. The van der Waals surface area contributed by atoms with Crippen molar-refractivity contribution in [3.63, 3.8) is 0 Å². The molecule has 4 aromatic rings. The Labute approximate surface area is 182 Å². The summed E-state index contributed by atoms with van der Waals surface area (Å²) >= 11 is 0. The van der Waals surface area contributed by atoms with E-state index in [1.807, 2.05) is 0 Å². The van der Waals surface area contributed by atoms with Crippen LogP contribution in [-0.4, -0.2) is 48.2 Å². The maximum Gasteiger partial charge on any atom is 0.228 e. The van der Waals surface area contributed by atoms with E-state index in [0.717, 1.165) is 42.9 Å². The second kappa shape index (κ2) is 8.22. The molecule has 0 radical (unpaired) electrons. The van der Waals surface area contributed by atoms with Crippen molar-refractivity contribution < 1.29 is 4.74 Å². The van der Waals surface area contributed by atoms with E-state index in [0.29, 0.717) is 11.8 Å². The van der Waals surface area contributed by atoms with E-state index >= 15 is 0 Å². The van der Waals surface area contributed by atoms with E-state index in [1.165, 1.54) is 16.7 Å². The molecule has 0 unspecified atom stereocenters. The molecule has 5 rings (SSSR count). The minimum atomic E-state index is 0.590. The van der Waals surface area contributed by atoms with Gasteiger partial charge >= 0.3 is 0 Å². The summed E-state index contributed by atoms with van der Waals surface area (Å²) in [5, 5.41) is 1.16. The van der Waals surface area contributed by atoms with Crippen LogP contribution in [0.5, 0.6) is 5.88 Å². The third-order valence-corrected chi connectivity index (χ3v) is 5.78. The molecule has 0 aliphatic carbocycles. The van der Waals surface area contributed by atoms with Gasteiger partial charge in [-0.25, -0.2) is 9.97 Å². The molecule has 0 saturated carbocycles. The molecule has 1 saturated heterocycles. The maximum atomic E-state index is 5.23. The van der Waals surface area contributed by atoms with Gasteiger partial charge in [0.2, 0.25) is 11.8 Å². The summed E-state index contributed by atoms with van der Waals surface area (Å²) in [5.74, 6) is 2.32. The zero-order chi connectivity index (χ0) is 21.2. The second-order valence-electron chi connectivity index (χ2n) is 7.79. The molecule has 1 fully saturated rings. The molecule has 0 spiro atoms. The average Bonchev–Trinajstić information content (AvgIpc) is 2.84. The third-order valence-electron chi connectivity index (χ3n) is 5.78. The van der Waals surface area contributed by atoms with Crippen LogP contribution in [0.2, 0.25) is 0 Å². The van der Waals surface area contributed by atoms with Crippen LogP contribution in [0.4, 0.5) is 11.8 Å². The number of anilines is 2. The van der Waals surface area contributed by atoms with Gasteiger partial charge in [-0.15, -0.1) is 0 Å². The van der Waals surface area contributed by atoms with Gasteiger partial charge in [0, 0.05) is 49.4 Å². The molecule has 0 N–H and O–H groups in total. The second-order valence-corrected chi connectivity index (χ2v) is 7.79. The predicted octanol–water partition coefficient (Wildman–Crippen LogP) is 4.34. The number of aryl methyl sites for hydroxylation is 1. The van der Waals surface area contributed by atoms with Crippen LogP contribution in [0.1, 0.15) is 5.56 Å². The van der Waals surface area contributed by atoms with Crippen LogP contribution in [0, 0.1) is 6.92 Å². The summed E-state index contributed by atoms with van der Waals surface area (Å²) in [6.45, 7) is 5.52. The first-order valence-corrected chi connectivity index (χ1v) is 10.5. The third kappa shape index (κ3) is 3.89. The van der Waals surface area contributed by atoms with Gasteiger partial charge in [-0.05, 0) is 24.6 Å². The van der Waals surface area contributed by atoms with Gasteiger partial charge in [-0.3, -0.25) is 0 Å². The van der Waals surface area contributed by atoms with Gasteiger partial charge in [0.15, 0.2) is 0 Å². The number of rotatable bonds is 4. The Kier molecular flexibility index (Phi) is 5.12. The number of hydrogen-bond donors (Lipinski definition) is 0. The number of methoxy groups -OCH3 is 1. The summed E-state index contributed by atoms with van der Waals surface area (Å²) < 4.78 is 5.23. The van der Waals surface area contributed by atoms with Crippen LogP contribution >= 0.6 is 0 Å². The van der Waals surface area contributed by atoms with Crippen molar-refractivity contribution in [2.24, 2.45) is 0 Å². The first kappa shape index (κ1) is 19.3. The molecular weight excluding hydrogens is 386 g/mol. The largest absolute Gasteiger partial charge is 0.481 e. The number of benzene rings is 2. The molecule has 0 atom stereocenters. The Bertz CT molecular complexity index is 1200. The van der Waals surface area contributed by atoms with E-state index in [2.05, 4.69) is 81.3 Å². The monoisotopic (exact) mass is 411 g/mol. The quantitative estimate of drug-likeness (QED) is 0.498. The topological polar surface area (TPSA) is 54.4 Å². The minimum absolute atomic E-state index is 0.590. The Morgan fingerprint density at radius 1 is 0.806 bits per heavy atom. The number of fused-ring (bicyclic) bond motifs is 1. The summed E-state index contributed by atoms with van der Waals surface area (Å²) in [6, 6.07) is 21.1. The fourth-order valence-electron chi connectivity index (χ4n) is 4.01. The highest BCUT2D eigenvalue weighted by Crippen LogP contribution is 2.29. The molecule has 1 aliphatic heterocycles. The zero-order valence-electron chi connectivity index (χ0n) is 17.8. The Balaban J connectivity index is 1.40. The van der Waals surface area contributed by atoms with Crippen LogP contribution in [0.3, 0.4) is 0 Å². The lowest BCUT2D eigenvalue weighted by molar-refractivity contribution is 0.396. The Morgan fingerprint density at radius 2 is 1.58 bits per heavy atom. The molecule has 31 heavy (non-hydrogen) atoms. The minimum Gasteiger partial charge on any atom is -0.481 e. The van der Waals surface area contributed by atoms with Crippen LogP contribution in [-0.2, 0) is 0 Å². The van der Waals surface area contributed by atoms with Gasteiger partial charge in [-0.2, -0.15) is 4.98 Å². The van der Waals surface area contributed by atoms with E-state index in [4.69, 9.17) is 9.72 Å². The number of piperazine rings is 1. The van der Waals surface area contributed by atoms with Crippen molar-refractivity contribution in [3.05, 3.63) is 72.4 Å². The van der Waals surface area contributed by atoms with Crippen molar-refractivity contribution in [2.45, 2.75) is 6.92 Å². The first-order chi connectivity index (χ1) is 15.2. The van der Waals surface area contributed by atoms with Crippen molar-refractivity contribution in [1.29, 1.82) is 0 Å². The van der Waals surface area contributed by atoms with Crippen LogP contribution in [0.15, 0.2) is 66.9 Å². The first-order valence-electron chi connectivity index (χ1n) is 10.5. The van der Waals surface area contributed by atoms with Gasteiger partial charge in [0.1, 0.15) is 5.82 Å². The number of para-hydroxylation sites is 1. The van der Waals surface area contributed by atoms with E-state index < -0.39 is 0 Å². The van der Waals surface area contributed by atoms with Gasteiger partial charge < -0.3 is 14.5 Å². The maximum absolute atomic E-state index is 5.23. The Morgan fingerprint density at radius 3 is 2.35 bits per heavy atom. The van der Waals surface area contributed by atoms with Crippen molar-refractivity contribution in [1.82, 2.24) is 15.0 Å². The van der Waals surface area contributed by atoms with Crippen molar-refractivity contribution >= 4 is 22.7 Å². The number of ether oxygens (including phenoxy) is 1. The fourth-order valence-corrected chi connectivity index (χ4v) is 4.01. The molecule has 2 aromatic carbocycles. The smallest absolute Gasteiger partial charge is 0.228 e. The average molecular weight is 412 g/mol. The standard InChI is InChI=1S/C25H25N5O/c1-18-6-8-19(9-7-18)21-5-3-4-20-10-11-22(27-24(20)21)29-14-16-30(17-15-29)25-26-13-12-23(28-25)31-2/h3-13H,14-17H2,1-2H3. The van der Waals surface area contributed by atoms with Gasteiger partial charge in [0.05, 0.1) is 12.6 Å². The van der Waals surface area contributed by atoms with Crippen LogP contribution < -0.4 is 14.5 Å². The normalized spacial score (nSPS) is 14.1. The number of hydrogen-bond acceptors (Lipinski definition) is 6. The van der Waals surface area contributed by atoms with Crippen LogP contribution in [0.25, 0.3) is 22.0 Å². The molecule has 0 bridgehead atoms. The van der Waals surface area contributed by atoms with Gasteiger partial charge in [0.25, 0.3) is 0 Å². The highest BCUT2D eigenvalue weighted by atomic mass is 16.5. The fraction of sp³-hybridized carbons (Fsp3) is 0.240. The molecular formula is C25H25N5O. The molecule has 6 nitrogen and oxygen atoms in total.